The summed E-state index contributed by atoms with van der Waals surface area (Å²) in [7, 11) is 0. The minimum absolute atomic E-state index is 0.00663. The molecule has 0 spiro atoms. The number of rotatable bonds is 43. The fraction of sp³-hybridized carbons (Fsp3) is 0.958. The van der Waals surface area contributed by atoms with E-state index in [1.54, 1.807) is 0 Å². The maximum absolute atomic E-state index is 12.5. The molecule has 0 atom stereocenters. The highest BCUT2D eigenvalue weighted by molar-refractivity contribution is 5.69. The Hall–Kier alpha value is -1.14. The van der Waals surface area contributed by atoms with Gasteiger partial charge in [-0.15, -0.1) is 0 Å². The van der Waals surface area contributed by atoms with E-state index in [0.717, 1.165) is 90.3 Å². The molecule has 54 heavy (non-hydrogen) atoms. The lowest BCUT2D eigenvalue weighted by molar-refractivity contribution is -0.145. The zero-order valence-corrected chi connectivity index (χ0v) is 37.2. The first-order chi connectivity index (χ1) is 26.3. The molecule has 6 nitrogen and oxygen atoms in total. The lowest BCUT2D eigenvalue weighted by Crippen LogP contribution is -2.29. The Labute approximate surface area is 337 Å². The smallest absolute Gasteiger partial charge is 0.305 e. The number of unbranched alkanes of at least 4 members (excludes halogenated alkanes) is 19. The molecule has 0 saturated heterocycles. The third kappa shape index (κ3) is 37.8. The Morgan fingerprint density at radius 1 is 0.481 bits per heavy atom. The van der Waals surface area contributed by atoms with Crippen LogP contribution in [0.25, 0.3) is 0 Å². The van der Waals surface area contributed by atoms with Crippen LogP contribution in [0.1, 0.15) is 247 Å². The third-order valence-corrected chi connectivity index (χ3v) is 11.5. The fourth-order valence-electron chi connectivity index (χ4n) is 7.80. The molecule has 0 aromatic rings. The summed E-state index contributed by atoms with van der Waals surface area (Å²) in [5, 5.41) is 9.45. The molecule has 0 saturated carbocycles. The SMILES string of the molecule is CCCCCCCCCCC(=O)OCCCC(C)(C)CCCN(CCCO)CCCCCCCC(=O)OCCC(CCCCCCC)CCCCCCC. The average molecular weight is 766 g/mol. The number of aliphatic hydroxyl groups is 1. The maximum Gasteiger partial charge on any atom is 0.305 e. The van der Waals surface area contributed by atoms with Gasteiger partial charge in [0.25, 0.3) is 0 Å². The van der Waals surface area contributed by atoms with Crippen molar-refractivity contribution in [3.05, 3.63) is 0 Å². The summed E-state index contributed by atoms with van der Waals surface area (Å²) in [6.45, 7) is 16.0. The number of nitrogens with zero attached hydrogens (tertiary/aromatic N) is 1. The number of hydrogen-bond donors (Lipinski definition) is 1. The quantitative estimate of drug-likeness (QED) is 0.0492. The molecule has 0 amide bonds. The van der Waals surface area contributed by atoms with Crippen LogP contribution in [0.15, 0.2) is 0 Å². The average Bonchev–Trinajstić information content (AvgIpc) is 3.15. The first kappa shape index (κ1) is 52.9. The van der Waals surface area contributed by atoms with Crippen LogP contribution in [-0.4, -0.2) is 61.4 Å². The second kappa shape index (κ2) is 40.1. The predicted octanol–water partition coefficient (Wildman–Crippen LogP) is 13.9. The molecule has 0 aliphatic heterocycles. The second-order valence-corrected chi connectivity index (χ2v) is 17.5. The van der Waals surface area contributed by atoms with Crippen molar-refractivity contribution in [2.24, 2.45) is 11.3 Å². The summed E-state index contributed by atoms with van der Waals surface area (Å²) in [6, 6.07) is 0. The van der Waals surface area contributed by atoms with Crippen molar-refractivity contribution in [1.29, 1.82) is 0 Å². The molecule has 0 aromatic heterocycles. The summed E-state index contributed by atoms with van der Waals surface area (Å²) >= 11 is 0. The second-order valence-electron chi connectivity index (χ2n) is 17.5. The van der Waals surface area contributed by atoms with Crippen molar-refractivity contribution in [3.63, 3.8) is 0 Å². The Balaban J connectivity index is 4.10. The van der Waals surface area contributed by atoms with E-state index in [9.17, 15) is 14.7 Å². The van der Waals surface area contributed by atoms with Crippen molar-refractivity contribution in [3.8, 4) is 0 Å². The Morgan fingerprint density at radius 2 is 0.889 bits per heavy atom. The summed E-state index contributed by atoms with van der Waals surface area (Å²) < 4.78 is 11.2. The van der Waals surface area contributed by atoms with Gasteiger partial charge in [-0.05, 0) is 82.2 Å². The molecular formula is C48H95NO5. The largest absolute Gasteiger partial charge is 0.466 e. The lowest BCUT2D eigenvalue weighted by Gasteiger charge is -2.27. The molecule has 0 radical (unpaired) electrons. The van der Waals surface area contributed by atoms with Gasteiger partial charge in [0, 0.05) is 26.0 Å². The molecule has 0 aliphatic rings. The number of carbonyl (C=O) groups is 2. The van der Waals surface area contributed by atoms with Crippen LogP contribution in [0, 0.1) is 11.3 Å². The molecule has 0 heterocycles. The molecule has 0 bridgehead atoms. The highest BCUT2D eigenvalue weighted by Crippen LogP contribution is 2.28. The van der Waals surface area contributed by atoms with Gasteiger partial charge in [-0.1, -0.05) is 176 Å². The van der Waals surface area contributed by atoms with Crippen molar-refractivity contribution in [2.75, 3.05) is 39.5 Å². The molecule has 322 valence electrons. The Morgan fingerprint density at radius 3 is 1.41 bits per heavy atom. The third-order valence-electron chi connectivity index (χ3n) is 11.5. The number of ether oxygens (including phenoxy) is 2. The van der Waals surface area contributed by atoms with Gasteiger partial charge in [-0.25, -0.2) is 0 Å². The van der Waals surface area contributed by atoms with E-state index < -0.39 is 0 Å². The zero-order chi connectivity index (χ0) is 39.8. The van der Waals surface area contributed by atoms with Gasteiger partial charge in [-0.3, -0.25) is 9.59 Å². The van der Waals surface area contributed by atoms with Crippen molar-refractivity contribution >= 4 is 11.9 Å². The van der Waals surface area contributed by atoms with Gasteiger partial charge in [0.05, 0.1) is 13.2 Å². The summed E-state index contributed by atoms with van der Waals surface area (Å²) in [5.41, 5.74) is 0.234. The van der Waals surface area contributed by atoms with Crippen LogP contribution in [0.5, 0.6) is 0 Å². The molecule has 0 aliphatic carbocycles. The van der Waals surface area contributed by atoms with Crippen molar-refractivity contribution < 1.29 is 24.2 Å². The van der Waals surface area contributed by atoms with E-state index >= 15 is 0 Å². The topological polar surface area (TPSA) is 76.1 Å². The van der Waals surface area contributed by atoms with Gasteiger partial charge >= 0.3 is 11.9 Å². The normalized spacial score (nSPS) is 11.9. The van der Waals surface area contributed by atoms with Crippen LogP contribution < -0.4 is 0 Å². The van der Waals surface area contributed by atoms with Gasteiger partial charge < -0.3 is 19.5 Å². The summed E-state index contributed by atoms with van der Waals surface area (Å²) in [5.74, 6) is 0.677. The van der Waals surface area contributed by atoms with Crippen LogP contribution in [0.3, 0.4) is 0 Å². The van der Waals surface area contributed by atoms with E-state index in [2.05, 4.69) is 39.5 Å². The monoisotopic (exact) mass is 766 g/mol. The number of carbonyl (C=O) groups excluding carboxylic acids is 2. The van der Waals surface area contributed by atoms with Gasteiger partial charge in [-0.2, -0.15) is 0 Å². The van der Waals surface area contributed by atoms with Gasteiger partial charge in [0.2, 0.25) is 0 Å². The van der Waals surface area contributed by atoms with E-state index in [0.29, 0.717) is 32.0 Å². The van der Waals surface area contributed by atoms with Crippen molar-refractivity contribution in [1.82, 2.24) is 4.90 Å². The van der Waals surface area contributed by atoms with Gasteiger partial charge in [0.15, 0.2) is 0 Å². The maximum atomic E-state index is 12.5. The zero-order valence-electron chi connectivity index (χ0n) is 37.2. The van der Waals surface area contributed by atoms with E-state index in [1.807, 2.05) is 0 Å². The number of hydrogen-bond acceptors (Lipinski definition) is 6. The van der Waals surface area contributed by atoms with Crippen LogP contribution in [0.4, 0.5) is 0 Å². The standard InChI is InChI=1S/C48H95NO5/c1-6-9-12-15-16-17-21-26-34-46(51)53-43-30-38-48(4,5)37-29-40-49(41-31-42-50)39-28-23-18-22-27-35-47(52)54-44-36-45(32-24-19-13-10-7-2)33-25-20-14-11-8-3/h45,50H,6-44H2,1-5H3. The first-order valence-corrected chi connectivity index (χ1v) is 23.9. The highest BCUT2D eigenvalue weighted by Gasteiger charge is 2.18. The lowest BCUT2D eigenvalue weighted by atomic mass is 9.83. The fourth-order valence-corrected chi connectivity index (χ4v) is 7.80. The predicted molar refractivity (Wildman–Crippen MR) is 232 cm³/mol. The number of aliphatic hydroxyl groups excluding tert-OH is 1. The molecule has 0 unspecified atom stereocenters. The van der Waals surface area contributed by atoms with E-state index in [-0.39, 0.29) is 24.0 Å². The summed E-state index contributed by atoms with van der Waals surface area (Å²) in [6.07, 6.45) is 38.7. The van der Waals surface area contributed by atoms with Gasteiger partial charge in [0.1, 0.15) is 0 Å². The molecule has 0 rings (SSSR count). The summed E-state index contributed by atoms with van der Waals surface area (Å²) in [4.78, 5) is 27.1. The Kier molecular flexibility index (Phi) is 39.2. The van der Waals surface area contributed by atoms with Crippen LogP contribution in [-0.2, 0) is 19.1 Å². The minimum Gasteiger partial charge on any atom is -0.466 e. The Bertz CT molecular complexity index is 788. The van der Waals surface area contributed by atoms with E-state index in [1.165, 1.54) is 128 Å². The van der Waals surface area contributed by atoms with Crippen LogP contribution >= 0.6 is 0 Å². The molecule has 0 fully saturated rings. The first-order valence-electron chi connectivity index (χ1n) is 23.9. The molecular weight excluding hydrogens is 671 g/mol. The molecule has 6 heteroatoms. The van der Waals surface area contributed by atoms with Crippen LogP contribution in [0.2, 0.25) is 0 Å². The van der Waals surface area contributed by atoms with Crippen molar-refractivity contribution in [2.45, 2.75) is 247 Å². The van der Waals surface area contributed by atoms with E-state index in [4.69, 9.17) is 9.47 Å². The molecule has 0 aromatic carbocycles. The minimum atomic E-state index is -0.0261. The highest BCUT2D eigenvalue weighted by atomic mass is 16.5. The number of esters is 2. The molecule has 1 N–H and O–H groups in total.